The van der Waals surface area contributed by atoms with E-state index in [4.69, 9.17) is 4.42 Å². The lowest BCUT2D eigenvalue weighted by molar-refractivity contribution is 0.0914. The molecule has 2 N–H and O–H groups in total. The van der Waals surface area contributed by atoms with Crippen LogP contribution in [0.15, 0.2) is 47.3 Å². The van der Waals surface area contributed by atoms with Crippen molar-refractivity contribution in [3.8, 4) is 0 Å². The van der Waals surface area contributed by atoms with E-state index in [0.29, 0.717) is 22.7 Å². The molecule has 3 aromatic heterocycles. The van der Waals surface area contributed by atoms with Gasteiger partial charge in [0.1, 0.15) is 10.8 Å². The highest BCUT2D eigenvalue weighted by Gasteiger charge is 2.29. The summed E-state index contributed by atoms with van der Waals surface area (Å²) < 4.78 is 5.73. The molecule has 2 aliphatic rings. The fraction of sp³-hybridized carbons (Fsp3) is 0.423. The highest BCUT2D eigenvalue weighted by molar-refractivity contribution is 7.17. The lowest BCUT2D eigenvalue weighted by Gasteiger charge is -2.33. The minimum Gasteiger partial charge on any atom is -0.468 e. The molecule has 0 aromatic carbocycles. The van der Waals surface area contributed by atoms with Crippen LogP contribution in [0, 0.1) is 0 Å². The lowest BCUT2D eigenvalue weighted by atomic mass is 9.95. The summed E-state index contributed by atoms with van der Waals surface area (Å²) in [6.07, 6.45) is 12.4. The summed E-state index contributed by atoms with van der Waals surface area (Å²) >= 11 is 1.53. The van der Waals surface area contributed by atoms with E-state index in [1.54, 1.807) is 24.6 Å². The molecule has 1 aliphatic heterocycles. The number of nitrogens with one attached hydrogen (secondary N) is 2. The van der Waals surface area contributed by atoms with Crippen LogP contribution in [0.3, 0.4) is 0 Å². The predicted molar refractivity (Wildman–Crippen MR) is 132 cm³/mol. The molecule has 2 amide bonds. The maximum absolute atomic E-state index is 13.6. The van der Waals surface area contributed by atoms with Crippen LogP contribution in [0.1, 0.15) is 75.1 Å². The van der Waals surface area contributed by atoms with Crippen LogP contribution in [-0.2, 0) is 12.8 Å². The Morgan fingerprint density at radius 1 is 1.06 bits per heavy atom. The normalized spacial score (nSPS) is 17.1. The van der Waals surface area contributed by atoms with Crippen molar-refractivity contribution in [2.75, 3.05) is 25.0 Å². The van der Waals surface area contributed by atoms with Crippen LogP contribution in [-0.4, -0.2) is 41.3 Å². The van der Waals surface area contributed by atoms with Crippen LogP contribution >= 0.6 is 11.3 Å². The van der Waals surface area contributed by atoms with E-state index >= 15 is 0 Å². The number of aryl methyl sites for hydroxylation is 1. The van der Waals surface area contributed by atoms with Crippen molar-refractivity contribution in [2.24, 2.45) is 0 Å². The van der Waals surface area contributed by atoms with E-state index in [9.17, 15) is 9.59 Å². The Hall–Kier alpha value is -2.97. The predicted octanol–water partition coefficient (Wildman–Crippen LogP) is 4.82. The zero-order chi connectivity index (χ0) is 23.3. The summed E-state index contributed by atoms with van der Waals surface area (Å²) in [7, 11) is 0. The Kier molecular flexibility index (Phi) is 7.06. The van der Waals surface area contributed by atoms with Crippen molar-refractivity contribution in [1.82, 2.24) is 15.2 Å². The zero-order valence-electron chi connectivity index (χ0n) is 19.2. The lowest BCUT2D eigenvalue weighted by Crippen LogP contribution is -2.40. The van der Waals surface area contributed by atoms with Crippen molar-refractivity contribution < 1.29 is 14.0 Å². The van der Waals surface area contributed by atoms with Gasteiger partial charge < -0.3 is 15.1 Å². The molecule has 34 heavy (non-hydrogen) atoms. The second-order valence-electron chi connectivity index (χ2n) is 8.95. The molecule has 1 fully saturated rings. The molecule has 4 heterocycles. The quantitative estimate of drug-likeness (QED) is 0.508. The first kappa shape index (κ1) is 22.8. The maximum Gasteiger partial charge on any atom is 0.257 e. The van der Waals surface area contributed by atoms with Crippen molar-refractivity contribution >= 4 is 28.2 Å². The Morgan fingerprint density at radius 2 is 1.91 bits per heavy atom. The Bertz CT molecular complexity index is 1120. The first-order valence-corrected chi connectivity index (χ1v) is 12.9. The second kappa shape index (κ2) is 10.5. The van der Waals surface area contributed by atoms with Crippen molar-refractivity contribution in [3.05, 3.63) is 70.3 Å². The number of pyridine rings is 1. The van der Waals surface area contributed by atoms with Crippen LogP contribution in [0.4, 0.5) is 5.00 Å². The monoisotopic (exact) mass is 478 g/mol. The minimum absolute atomic E-state index is 0.00199. The number of piperidine rings is 1. The summed E-state index contributed by atoms with van der Waals surface area (Å²) in [5, 5.41) is 6.80. The summed E-state index contributed by atoms with van der Waals surface area (Å²) in [5.74, 6) is 0.497. The number of nitrogens with zero attached hydrogens (tertiary/aromatic N) is 2. The van der Waals surface area contributed by atoms with E-state index in [1.807, 2.05) is 12.1 Å². The molecular formula is C26H30N4O3S. The largest absolute Gasteiger partial charge is 0.468 e. The first-order chi connectivity index (χ1) is 16.7. The van der Waals surface area contributed by atoms with Gasteiger partial charge in [-0.3, -0.25) is 19.5 Å². The number of fused-ring (bicyclic) bond motifs is 1. The van der Waals surface area contributed by atoms with Gasteiger partial charge >= 0.3 is 0 Å². The fourth-order valence-corrected chi connectivity index (χ4v) is 6.25. The fourth-order valence-electron chi connectivity index (χ4n) is 4.96. The minimum atomic E-state index is -0.248. The number of furan rings is 1. The molecule has 5 rings (SSSR count). The molecule has 0 saturated carbocycles. The van der Waals surface area contributed by atoms with Crippen LogP contribution < -0.4 is 10.6 Å². The van der Waals surface area contributed by atoms with Crippen LogP contribution in [0.25, 0.3) is 0 Å². The highest BCUT2D eigenvalue weighted by Crippen LogP contribution is 2.38. The number of aromatic nitrogens is 1. The van der Waals surface area contributed by atoms with Gasteiger partial charge in [0, 0.05) is 23.8 Å². The van der Waals surface area contributed by atoms with E-state index in [-0.39, 0.29) is 17.9 Å². The first-order valence-electron chi connectivity index (χ1n) is 12.1. The van der Waals surface area contributed by atoms with E-state index < -0.39 is 0 Å². The van der Waals surface area contributed by atoms with Crippen LogP contribution in [0.2, 0.25) is 0 Å². The van der Waals surface area contributed by atoms with Crippen molar-refractivity contribution in [2.45, 2.75) is 51.0 Å². The number of likely N-dealkylation sites (tertiary alicyclic amines) is 1. The number of thiophene rings is 1. The second-order valence-corrected chi connectivity index (χ2v) is 10.1. The van der Waals surface area contributed by atoms with Gasteiger partial charge in [-0.15, -0.1) is 11.3 Å². The number of carbonyl (C=O) groups excluding carboxylic acids is 2. The molecule has 1 saturated heterocycles. The molecule has 3 aromatic rings. The number of hydrogen-bond donors (Lipinski definition) is 2. The van der Waals surface area contributed by atoms with Crippen molar-refractivity contribution in [1.29, 1.82) is 0 Å². The molecule has 0 bridgehead atoms. The Labute approximate surface area is 203 Å². The highest BCUT2D eigenvalue weighted by atomic mass is 32.1. The molecule has 0 radical (unpaired) electrons. The number of carbonyl (C=O) groups is 2. The van der Waals surface area contributed by atoms with Crippen LogP contribution in [0.5, 0.6) is 0 Å². The van der Waals surface area contributed by atoms with Gasteiger partial charge in [-0.2, -0.15) is 0 Å². The average Bonchev–Trinajstić information content (AvgIpc) is 3.53. The third-order valence-electron chi connectivity index (χ3n) is 6.71. The summed E-state index contributed by atoms with van der Waals surface area (Å²) in [6, 6.07) is 7.34. The molecule has 8 heteroatoms. The Morgan fingerprint density at radius 3 is 2.68 bits per heavy atom. The van der Waals surface area contributed by atoms with E-state index in [0.717, 1.165) is 62.9 Å². The van der Waals surface area contributed by atoms with Crippen molar-refractivity contribution in [3.63, 3.8) is 0 Å². The summed E-state index contributed by atoms with van der Waals surface area (Å²) in [5.41, 5.74) is 2.18. The van der Waals surface area contributed by atoms with E-state index in [2.05, 4.69) is 20.5 Å². The zero-order valence-corrected chi connectivity index (χ0v) is 20.0. The van der Waals surface area contributed by atoms with Gasteiger partial charge in [0.15, 0.2) is 0 Å². The third-order valence-corrected chi connectivity index (χ3v) is 7.92. The maximum atomic E-state index is 13.6. The van der Waals surface area contributed by atoms with Gasteiger partial charge in [-0.1, -0.05) is 6.42 Å². The molecule has 1 atom stereocenters. The SMILES string of the molecule is O=C(Nc1sc2c(c1C(=O)NCC(c1ccco1)N1CCCCC1)CCCC2)c1cccnc1. The van der Waals surface area contributed by atoms with Gasteiger partial charge in [0.2, 0.25) is 0 Å². The molecule has 1 aliphatic carbocycles. The molecule has 7 nitrogen and oxygen atoms in total. The standard InChI is InChI=1S/C26H30N4O3S/c31-24(18-8-6-12-27-16-18)29-26-23(19-9-2-3-11-22(19)34-26)25(32)28-17-20(21-10-7-15-33-21)30-13-4-1-5-14-30/h6-8,10,12,15-16,20H,1-5,9,11,13-14,17H2,(H,28,32)(H,29,31). The third kappa shape index (κ3) is 4.93. The number of amides is 2. The topological polar surface area (TPSA) is 87.5 Å². The number of hydrogen-bond acceptors (Lipinski definition) is 6. The average molecular weight is 479 g/mol. The van der Waals surface area contributed by atoms with Gasteiger partial charge in [0.25, 0.3) is 11.8 Å². The van der Waals surface area contributed by atoms with Gasteiger partial charge in [-0.25, -0.2) is 0 Å². The molecular weight excluding hydrogens is 448 g/mol. The number of anilines is 1. The molecule has 1 unspecified atom stereocenters. The van der Waals surface area contributed by atoms with Gasteiger partial charge in [0.05, 0.1) is 23.4 Å². The Balaban J connectivity index is 1.37. The van der Waals surface area contributed by atoms with Gasteiger partial charge in [-0.05, 0) is 81.4 Å². The molecule has 178 valence electrons. The summed E-state index contributed by atoms with van der Waals surface area (Å²) in [4.78, 5) is 34.0. The number of rotatable bonds is 7. The smallest absolute Gasteiger partial charge is 0.257 e. The summed E-state index contributed by atoms with van der Waals surface area (Å²) in [6.45, 7) is 2.47. The van der Waals surface area contributed by atoms with E-state index in [1.165, 1.54) is 28.8 Å². The molecule has 0 spiro atoms.